The summed E-state index contributed by atoms with van der Waals surface area (Å²) >= 11 is 0. The summed E-state index contributed by atoms with van der Waals surface area (Å²) in [6, 6.07) is 8.67. The Kier molecular flexibility index (Phi) is 4.67. The van der Waals surface area contributed by atoms with Gasteiger partial charge in [0.05, 0.1) is 5.69 Å². The molecule has 0 aliphatic heterocycles. The third-order valence-corrected chi connectivity index (χ3v) is 2.71. The lowest BCUT2D eigenvalue weighted by molar-refractivity contribution is -0.118. The first-order valence-electron chi connectivity index (χ1n) is 6.23. The standard InChI is InChI=1S/C15H12F2N2O3/c16-10-3-6-13(12(17)7-10)19-14(20)8-22-11-4-1-9(2-5-11)15(18)21/h1-7H,8H2,(H2,18,21)(H,19,20). The maximum Gasteiger partial charge on any atom is 0.262 e. The number of benzene rings is 2. The molecular weight excluding hydrogens is 294 g/mol. The van der Waals surface area contributed by atoms with Crippen LogP contribution in [0.5, 0.6) is 5.75 Å². The Morgan fingerprint density at radius 1 is 1.09 bits per heavy atom. The smallest absolute Gasteiger partial charge is 0.262 e. The van der Waals surface area contributed by atoms with Gasteiger partial charge in [-0.2, -0.15) is 0 Å². The Balaban J connectivity index is 1.91. The Morgan fingerprint density at radius 2 is 1.77 bits per heavy atom. The van der Waals surface area contributed by atoms with Crippen molar-refractivity contribution in [2.24, 2.45) is 5.73 Å². The van der Waals surface area contributed by atoms with Gasteiger partial charge < -0.3 is 15.8 Å². The monoisotopic (exact) mass is 306 g/mol. The highest BCUT2D eigenvalue weighted by molar-refractivity contribution is 5.93. The molecule has 114 valence electrons. The minimum Gasteiger partial charge on any atom is -0.484 e. The van der Waals surface area contributed by atoms with E-state index in [1.165, 1.54) is 24.3 Å². The molecule has 0 aliphatic rings. The lowest BCUT2D eigenvalue weighted by Crippen LogP contribution is -2.20. The highest BCUT2D eigenvalue weighted by Crippen LogP contribution is 2.15. The number of amides is 2. The van der Waals surface area contributed by atoms with Gasteiger partial charge in [0.15, 0.2) is 6.61 Å². The highest BCUT2D eigenvalue weighted by Gasteiger charge is 2.09. The zero-order valence-electron chi connectivity index (χ0n) is 11.3. The van der Waals surface area contributed by atoms with Crippen LogP contribution >= 0.6 is 0 Å². The summed E-state index contributed by atoms with van der Waals surface area (Å²) in [5.74, 6) is -2.44. The van der Waals surface area contributed by atoms with Gasteiger partial charge in [-0.25, -0.2) is 8.78 Å². The molecule has 0 bridgehead atoms. The molecule has 0 aromatic heterocycles. The van der Waals surface area contributed by atoms with E-state index >= 15 is 0 Å². The Morgan fingerprint density at radius 3 is 2.36 bits per heavy atom. The van der Waals surface area contributed by atoms with Crippen LogP contribution in [0.25, 0.3) is 0 Å². The molecular formula is C15H12F2N2O3. The van der Waals surface area contributed by atoms with E-state index in [4.69, 9.17) is 10.5 Å². The van der Waals surface area contributed by atoms with E-state index in [2.05, 4.69) is 5.32 Å². The Labute approximate surface area is 124 Å². The summed E-state index contributed by atoms with van der Waals surface area (Å²) in [5, 5.41) is 2.26. The molecule has 0 unspecified atom stereocenters. The number of anilines is 1. The lowest BCUT2D eigenvalue weighted by atomic mass is 10.2. The van der Waals surface area contributed by atoms with Gasteiger partial charge >= 0.3 is 0 Å². The molecule has 3 N–H and O–H groups in total. The van der Waals surface area contributed by atoms with Crippen LogP contribution in [0.2, 0.25) is 0 Å². The first-order chi connectivity index (χ1) is 10.5. The number of nitrogens with one attached hydrogen (secondary N) is 1. The van der Waals surface area contributed by atoms with Crippen molar-refractivity contribution in [3.8, 4) is 5.75 Å². The zero-order chi connectivity index (χ0) is 16.1. The normalized spacial score (nSPS) is 10.1. The van der Waals surface area contributed by atoms with E-state index in [0.717, 1.165) is 12.1 Å². The molecule has 2 aromatic carbocycles. The largest absolute Gasteiger partial charge is 0.484 e. The molecule has 0 fully saturated rings. The maximum absolute atomic E-state index is 13.4. The Bertz CT molecular complexity index is 702. The second kappa shape index (κ2) is 6.66. The third kappa shape index (κ3) is 4.02. The molecule has 7 heteroatoms. The lowest BCUT2D eigenvalue weighted by Gasteiger charge is -2.08. The molecule has 0 saturated heterocycles. The van der Waals surface area contributed by atoms with Crippen LogP contribution in [-0.4, -0.2) is 18.4 Å². The first kappa shape index (κ1) is 15.4. The number of primary amides is 1. The summed E-state index contributed by atoms with van der Waals surface area (Å²) in [5.41, 5.74) is 5.26. The van der Waals surface area contributed by atoms with Crippen LogP contribution in [0.3, 0.4) is 0 Å². The van der Waals surface area contributed by atoms with E-state index in [-0.39, 0.29) is 12.3 Å². The van der Waals surface area contributed by atoms with Gasteiger partial charge in [-0.05, 0) is 36.4 Å². The van der Waals surface area contributed by atoms with Gasteiger partial charge in [0, 0.05) is 11.6 Å². The van der Waals surface area contributed by atoms with E-state index in [0.29, 0.717) is 17.4 Å². The molecule has 0 spiro atoms. The average molecular weight is 306 g/mol. The third-order valence-electron chi connectivity index (χ3n) is 2.71. The maximum atomic E-state index is 13.4. The van der Waals surface area contributed by atoms with Crippen LogP contribution < -0.4 is 15.8 Å². The number of ether oxygens (including phenoxy) is 1. The van der Waals surface area contributed by atoms with Gasteiger partial charge in [0.25, 0.3) is 5.91 Å². The van der Waals surface area contributed by atoms with Crippen molar-refractivity contribution in [3.63, 3.8) is 0 Å². The van der Waals surface area contributed by atoms with Gasteiger partial charge in [-0.1, -0.05) is 0 Å². The number of rotatable bonds is 5. The van der Waals surface area contributed by atoms with Crippen molar-refractivity contribution >= 4 is 17.5 Å². The zero-order valence-corrected chi connectivity index (χ0v) is 11.3. The fraction of sp³-hybridized carbons (Fsp3) is 0.0667. The van der Waals surface area contributed by atoms with E-state index < -0.39 is 23.4 Å². The molecule has 0 radical (unpaired) electrons. The summed E-state index contributed by atoms with van der Waals surface area (Å²) in [6.07, 6.45) is 0. The van der Waals surface area contributed by atoms with Crippen molar-refractivity contribution in [2.45, 2.75) is 0 Å². The first-order valence-corrected chi connectivity index (χ1v) is 6.23. The van der Waals surface area contributed by atoms with Crippen molar-refractivity contribution < 1.29 is 23.1 Å². The molecule has 2 rings (SSSR count). The molecule has 0 atom stereocenters. The van der Waals surface area contributed by atoms with Crippen molar-refractivity contribution in [1.29, 1.82) is 0 Å². The van der Waals surface area contributed by atoms with Crippen LogP contribution in [0.1, 0.15) is 10.4 Å². The molecule has 5 nitrogen and oxygen atoms in total. The number of halogens is 2. The van der Waals surface area contributed by atoms with Crippen LogP contribution in [0, 0.1) is 11.6 Å². The summed E-state index contributed by atoms with van der Waals surface area (Å²) in [7, 11) is 0. The van der Waals surface area contributed by atoms with E-state index in [1.54, 1.807) is 0 Å². The molecule has 2 aromatic rings. The SMILES string of the molecule is NC(=O)c1ccc(OCC(=O)Nc2ccc(F)cc2F)cc1. The van der Waals surface area contributed by atoms with Gasteiger partial charge in [-0.15, -0.1) is 0 Å². The average Bonchev–Trinajstić information content (AvgIpc) is 2.48. The second-order valence-electron chi connectivity index (χ2n) is 4.35. The summed E-state index contributed by atoms with van der Waals surface area (Å²) in [6.45, 7) is -0.368. The van der Waals surface area contributed by atoms with Crippen molar-refractivity contribution in [1.82, 2.24) is 0 Å². The van der Waals surface area contributed by atoms with Gasteiger partial charge in [0.2, 0.25) is 5.91 Å². The fourth-order valence-electron chi connectivity index (χ4n) is 1.64. The van der Waals surface area contributed by atoms with Crippen LogP contribution in [0.4, 0.5) is 14.5 Å². The highest BCUT2D eigenvalue weighted by atomic mass is 19.1. The number of hydrogen-bond acceptors (Lipinski definition) is 3. The minimum atomic E-state index is -0.876. The number of nitrogens with two attached hydrogens (primary N) is 1. The minimum absolute atomic E-state index is 0.140. The van der Waals surface area contributed by atoms with E-state index in [1.807, 2.05) is 0 Å². The summed E-state index contributed by atoms with van der Waals surface area (Å²) in [4.78, 5) is 22.5. The molecule has 0 heterocycles. The summed E-state index contributed by atoms with van der Waals surface area (Å²) < 4.78 is 31.3. The van der Waals surface area contributed by atoms with Crippen LogP contribution in [-0.2, 0) is 4.79 Å². The van der Waals surface area contributed by atoms with Gasteiger partial charge in [-0.3, -0.25) is 9.59 Å². The second-order valence-corrected chi connectivity index (χ2v) is 4.35. The number of carbonyl (C=O) groups is 2. The number of hydrogen-bond donors (Lipinski definition) is 2. The quantitative estimate of drug-likeness (QED) is 0.887. The van der Waals surface area contributed by atoms with Crippen molar-refractivity contribution in [2.75, 3.05) is 11.9 Å². The van der Waals surface area contributed by atoms with Crippen molar-refractivity contribution in [3.05, 3.63) is 59.7 Å². The van der Waals surface area contributed by atoms with Crippen LogP contribution in [0.15, 0.2) is 42.5 Å². The predicted molar refractivity (Wildman–Crippen MR) is 75.4 cm³/mol. The topological polar surface area (TPSA) is 81.4 Å². The fourth-order valence-corrected chi connectivity index (χ4v) is 1.64. The van der Waals surface area contributed by atoms with E-state index in [9.17, 15) is 18.4 Å². The predicted octanol–water partition coefficient (Wildman–Crippen LogP) is 2.08. The molecule has 2 amide bonds. The number of carbonyl (C=O) groups excluding carboxylic acids is 2. The molecule has 0 saturated carbocycles. The Hall–Kier alpha value is -2.96. The molecule has 0 aliphatic carbocycles. The van der Waals surface area contributed by atoms with Gasteiger partial charge in [0.1, 0.15) is 17.4 Å². The molecule has 22 heavy (non-hydrogen) atoms.